The summed E-state index contributed by atoms with van der Waals surface area (Å²) >= 11 is 0. The van der Waals surface area contributed by atoms with E-state index in [0.29, 0.717) is 42.7 Å². The Morgan fingerprint density at radius 1 is 1.03 bits per heavy atom. The Balaban J connectivity index is 1.36. The van der Waals surface area contributed by atoms with Crippen molar-refractivity contribution in [2.45, 2.75) is 13.5 Å². The largest absolute Gasteiger partial charge is 0.487 e. The number of carbonyl (C=O) groups is 1. The summed E-state index contributed by atoms with van der Waals surface area (Å²) in [6, 6.07) is 14.4. The number of imidazole rings is 1. The lowest BCUT2D eigenvalue weighted by molar-refractivity contribution is 0.102. The van der Waals surface area contributed by atoms with Gasteiger partial charge in [0.25, 0.3) is 5.91 Å². The van der Waals surface area contributed by atoms with Crippen molar-refractivity contribution in [1.29, 1.82) is 0 Å². The summed E-state index contributed by atoms with van der Waals surface area (Å²) in [5.74, 6) is 0.733. The van der Waals surface area contributed by atoms with Gasteiger partial charge >= 0.3 is 0 Å². The Kier molecular flexibility index (Phi) is 6.62. The van der Waals surface area contributed by atoms with Crippen molar-refractivity contribution >= 4 is 17.2 Å². The average Bonchev–Trinajstić information content (AvgIpc) is 3.21. The first-order valence-electron chi connectivity index (χ1n) is 10.2. The van der Waals surface area contributed by atoms with Crippen LogP contribution in [0.1, 0.15) is 21.6 Å². The number of carbonyl (C=O) groups excluding carboxylic acids is 1. The molecule has 0 aliphatic carbocycles. The number of aromatic nitrogens is 3. The van der Waals surface area contributed by atoms with Crippen LogP contribution in [-0.4, -0.2) is 40.6 Å². The molecule has 1 amide bonds. The van der Waals surface area contributed by atoms with E-state index in [1.807, 2.05) is 35.9 Å². The average molecular weight is 432 g/mol. The Hall–Kier alpha value is -3.91. The maximum Gasteiger partial charge on any atom is 0.255 e. The fourth-order valence-corrected chi connectivity index (χ4v) is 3.10. The number of hydrogen-bond acceptors (Lipinski definition) is 6. The highest BCUT2D eigenvalue weighted by Gasteiger charge is 2.11. The molecule has 4 rings (SSSR count). The van der Waals surface area contributed by atoms with Crippen molar-refractivity contribution in [3.63, 3.8) is 0 Å². The van der Waals surface area contributed by atoms with Crippen molar-refractivity contribution in [3.8, 4) is 11.6 Å². The van der Waals surface area contributed by atoms with Crippen LogP contribution in [0, 0.1) is 6.92 Å². The van der Waals surface area contributed by atoms with E-state index in [4.69, 9.17) is 14.2 Å². The lowest BCUT2D eigenvalue weighted by atomic mass is 10.2. The number of fused-ring (bicyclic) bond motifs is 1. The third-order valence-electron chi connectivity index (χ3n) is 4.70. The molecule has 0 saturated heterocycles. The van der Waals surface area contributed by atoms with Gasteiger partial charge in [0.1, 0.15) is 30.3 Å². The van der Waals surface area contributed by atoms with Crippen molar-refractivity contribution < 1.29 is 19.0 Å². The summed E-state index contributed by atoms with van der Waals surface area (Å²) in [4.78, 5) is 21.4. The van der Waals surface area contributed by atoms with Crippen molar-refractivity contribution in [2.75, 3.05) is 25.6 Å². The molecule has 0 bridgehead atoms. The normalized spacial score (nSPS) is 10.8. The van der Waals surface area contributed by atoms with E-state index in [1.165, 1.54) is 0 Å². The molecule has 32 heavy (non-hydrogen) atoms. The van der Waals surface area contributed by atoms with E-state index in [-0.39, 0.29) is 5.91 Å². The Labute approximate surface area is 185 Å². The first-order valence-corrected chi connectivity index (χ1v) is 10.2. The molecule has 1 aromatic carbocycles. The second-order valence-corrected chi connectivity index (χ2v) is 7.17. The quantitative estimate of drug-likeness (QED) is 0.404. The number of anilines is 1. The maximum absolute atomic E-state index is 12.6. The zero-order chi connectivity index (χ0) is 22.3. The predicted octanol–water partition coefficient (Wildman–Crippen LogP) is 3.89. The molecule has 4 aromatic rings. The summed E-state index contributed by atoms with van der Waals surface area (Å²) in [6.07, 6.45) is 5.58. The molecule has 0 unspecified atom stereocenters. The first kappa shape index (κ1) is 21.3. The molecule has 8 nitrogen and oxygen atoms in total. The van der Waals surface area contributed by atoms with Crippen LogP contribution in [0.5, 0.6) is 11.6 Å². The summed E-state index contributed by atoms with van der Waals surface area (Å²) in [5.41, 5.74) is 3.86. The number of hydrogen-bond donors (Lipinski definition) is 1. The molecule has 3 heterocycles. The number of pyridine rings is 2. The van der Waals surface area contributed by atoms with Gasteiger partial charge in [0.05, 0.1) is 12.3 Å². The molecule has 164 valence electrons. The van der Waals surface area contributed by atoms with Crippen LogP contribution in [0.15, 0.2) is 67.1 Å². The number of methoxy groups -OCH3 is 1. The summed E-state index contributed by atoms with van der Waals surface area (Å²) in [5, 5.41) is 2.83. The Bertz CT molecular complexity index is 1200. The summed E-state index contributed by atoms with van der Waals surface area (Å²) < 4.78 is 18.3. The van der Waals surface area contributed by atoms with E-state index in [2.05, 4.69) is 15.3 Å². The number of rotatable bonds is 9. The van der Waals surface area contributed by atoms with E-state index in [1.54, 1.807) is 49.7 Å². The fourth-order valence-electron chi connectivity index (χ4n) is 3.10. The van der Waals surface area contributed by atoms with Gasteiger partial charge in [-0.15, -0.1) is 0 Å². The molecule has 0 saturated carbocycles. The monoisotopic (exact) mass is 432 g/mol. The van der Waals surface area contributed by atoms with Crippen LogP contribution in [-0.2, 0) is 11.3 Å². The third-order valence-corrected chi connectivity index (χ3v) is 4.70. The summed E-state index contributed by atoms with van der Waals surface area (Å²) in [7, 11) is 1.59. The molecule has 1 N–H and O–H groups in total. The van der Waals surface area contributed by atoms with Crippen LogP contribution >= 0.6 is 0 Å². The zero-order valence-corrected chi connectivity index (χ0v) is 17.9. The number of ether oxygens (including phenoxy) is 3. The first-order chi connectivity index (χ1) is 15.6. The van der Waals surface area contributed by atoms with Crippen LogP contribution in [0.3, 0.4) is 0 Å². The number of nitrogens with one attached hydrogen (secondary N) is 1. The number of amides is 1. The van der Waals surface area contributed by atoms with Gasteiger partial charge in [0.2, 0.25) is 5.88 Å². The van der Waals surface area contributed by atoms with E-state index in [9.17, 15) is 4.79 Å². The van der Waals surface area contributed by atoms with E-state index in [0.717, 1.165) is 16.9 Å². The highest BCUT2D eigenvalue weighted by molar-refractivity contribution is 6.04. The second-order valence-electron chi connectivity index (χ2n) is 7.17. The van der Waals surface area contributed by atoms with Crippen LogP contribution in [0.2, 0.25) is 0 Å². The zero-order valence-electron chi connectivity index (χ0n) is 17.9. The standard InChI is InChI=1S/C24H24N4O4/c1-17-5-10-22-26-19(15-28(22)14-17)16-32-20-8-6-18(7-9-20)23(29)27-21-4-3-11-25-24(21)31-13-12-30-2/h3-11,14-15H,12-13,16H2,1-2H3,(H,27,29). The summed E-state index contributed by atoms with van der Waals surface area (Å²) in [6.45, 7) is 3.15. The molecule has 0 aliphatic heterocycles. The highest BCUT2D eigenvalue weighted by Crippen LogP contribution is 2.22. The Morgan fingerprint density at radius 3 is 2.69 bits per heavy atom. The smallest absolute Gasteiger partial charge is 0.255 e. The van der Waals surface area contributed by atoms with Gasteiger partial charge in [-0.25, -0.2) is 9.97 Å². The van der Waals surface area contributed by atoms with Crippen LogP contribution in [0.25, 0.3) is 5.65 Å². The van der Waals surface area contributed by atoms with Crippen molar-refractivity contribution in [1.82, 2.24) is 14.4 Å². The molecule has 0 aliphatic rings. The number of benzene rings is 1. The van der Waals surface area contributed by atoms with Gasteiger partial charge in [-0.1, -0.05) is 6.07 Å². The molecule has 3 aromatic heterocycles. The molecule has 8 heteroatoms. The predicted molar refractivity (Wildman–Crippen MR) is 120 cm³/mol. The second kappa shape index (κ2) is 9.93. The molecular weight excluding hydrogens is 408 g/mol. The molecule has 0 atom stereocenters. The topological polar surface area (TPSA) is 87.0 Å². The Morgan fingerprint density at radius 2 is 1.88 bits per heavy atom. The minimum absolute atomic E-state index is 0.267. The molecule has 0 radical (unpaired) electrons. The molecule has 0 spiro atoms. The van der Waals surface area contributed by atoms with E-state index < -0.39 is 0 Å². The molecular formula is C24H24N4O4. The van der Waals surface area contributed by atoms with Crippen molar-refractivity contribution in [3.05, 3.63) is 83.9 Å². The van der Waals surface area contributed by atoms with Gasteiger partial charge in [-0.05, 0) is 55.0 Å². The van der Waals surface area contributed by atoms with E-state index >= 15 is 0 Å². The van der Waals surface area contributed by atoms with Gasteiger partial charge in [0.15, 0.2) is 0 Å². The minimum atomic E-state index is -0.267. The maximum atomic E-state index is 12.6. The SMILES string of the molecule is COCCOc1ncccc1NC(=O)c1ccc(OCc2cn3cc(C)ccc3n2)cc1. The molecule has 0 fully saturated rings. The third kappa shape index (κ3) is 5.22. The van der Waals surface area contributed by atoms with Gasteiger partial charge < -0.3 is 23.9 Å². The lowest BCUT2D eigenvalue weighted by Gasteiger charge is -2.11. The number of aryl methyl sites for hydroxylation is 1. The van der Waals surface area contributed by atoms with Gasteiger partial charge in [0, 0.05) is 31.3 Å². The van der Waals surface area contributed by atoms with Crippen LogP contribution in [0.4, 0.5) is 5.69 Å². The van der Waals surface area contributed by atoms with Crippen molar-refractivity contribution in [2.24, 2.45) is 0 Å². The van der Waals surface area contributed by atoms with Gasteiger partial charge in [-0.2, -0.15) is 0 Å². The minimum Gasteiger partial charge on any atom is -0.487 e. The number of nitrogens with zero attached hydrogens (tertiary/aromatic N) is 3. The highest BCUT2D eigenvalue weighted by atomic mass is 16.5. The fraction of sp³-hybridized carbons (Fsp3) is 0.208. The van der Waals surface area contributed by atoms with Gasteiger partial charge in [-0.3, -0.25) is 4.79 Å². The lowest BCUT2D eigenvalue weighted by Crippen LogP contribution is -2.14. The van der Waals surface area contributed by atoms with Crippen LogP contribution < -0.4 is 14.8 Å².